The van der Waals surface area contributed by atoms with E-state index in [0.29, 0.717) is 24.2 Å². The van der Waals surface area contributed by atoms with Crippen molar-refractivity contribution in [3.63, 3.8) is 0 Å². The minimum atomic E-state index is 0.364. The predicted octanol–water partition coefficient (Wildman–Crippen LogP) is 3.04. The van der Waals surface area contributed by atoms with Gasteiger partial charge in [-0.2, -0.15) is 0 Å². The highest BCUT2D eigenvalue weighted by atomic mass is 35.5. The first-order valence-corrected chi connectivity index (χ1v) is 6.11. The summed E-state index contributed by atoms with van der Waals surface area (Å²) in [6.07, 6.45) is 1.78. The standard InChI is InChI=1S/C13H14ClN3O/c1-3-18-8-13-16-11(6-12(14)17-13)10-5-4-9(2)15-7-10/h4-7H,3,8H2,1-2H3. The SMILES string of the molecule is CCOCc1nc(Cl)cc(-c2ccc(C)nc2)n1. The lowest BCUT2D eigenvalue weighted by atomic mass is 10.2. The van der Waals surface area contributed by atoms with Crippen molar-refractivity contribution in [2.45, 2.75) is 20.5 Å². The van der Waals surface area contributed by atoms with Crippen LogP contribution in [0.25, 0.3) is 11.3 Å². The van der Waals surface area contributed by atoms with E-state index in [2.05, 4.69) is 15.0 Å². The third-order valence-corrected chi connectivity index (χ3v) is 2.58. The molecule has 0 aliphatic heterocycles. The number of halogens is 1. The summed E-state index contributed by atoms with van der Waals surface area (Å²) < 4.78 is 5.29. The second-order valence-corrected chi connectivity index (χ2v) is 4.20. The van der Waals surface area contributed by atoms with Crippen LogP contribution in [0.2, 0.25) is 5.15 Å². The number of ether oxygens (including phenoxy) is 1. The zero-order chi connectivity index (χ0) is 13.0. The predicted molar refractivity (Wildman–Crippen MR) is 70.3 cm³/mol. The van der Waals surface area contributed by atoms with Gasteiger partial charge < -0.3 is 4.74 Å². The molecule has 0 amide bonds. The molecule has 2 aromatic rings. The molecular formula is C13H14ClN3O. The normalized spacial score (nSPS) is 10.6. The molecule has 4 nitrogen and oxygen atoms in total. The largest absolute Gasteiger partial charge is 0.374 e. The smallest absolute Gasteiger partial charge is 0.156 e. The summed E-state index contributed by atoms with van der Waals surface area (Å²) in [5, 5.41) is 0.412. The van der Waals surface area contributed by atoms with Gasteiger partial charge in [-0.3, -0.25) is 4.98 Å². The Labute approximate surface area is 111 Å². The molecule has 0 aromatic carbocycles. The van der Waals surface area contributed by atoms with E-state index in [9.17, 15) is 0 Å². The van der Waals surface area contributed by atoms with Crippen molar-refractivity contribution in [1.29, 1.82) is 0 Å². The lowest BCUT2D eigenvalue weighted by Crippen LogP contribution is -2.00. The number of hydrogen-bond donors (Lipinski definition) is 0. The van der Waals surface area contributed by atoms with Crippen molar-refractivity contribution in [2.75, 3.05) is 6.61 Å². The van der Waals surface area contributed by atoms with Crippen LogP contribution in [0, 0.1) is 6.92 Å². The molecule has 5 heteroatoms. The number of pyridine rings is 1. The minimum absolute atomic E-state index is 0.364. The fourth-order valence-electron chi connectivity index (χ4n) is 1.49. The third kappa shape index (κ3) is 3.24. The molecule has 0 atom stereocenters. The van der Waals surface area contributed by atoms with Gasteiger partial charge in [0.25, 0.3) is 0 Å². The maximum absolute atomic E-state index is 5.98. The first-order chi connectivity index (χ1) is 8.69. The monoisotopic (exact) mass is 263 g/mol. The lowest BCUT2D eigenvalue weighted by molar-refractivity contribution is 0.128. The van der Waals surface area contributed by atoms with Crippen molar-refractivity contribution < 1.29 is 4.74 Å². The van der Waals surface area contributed by atoms with E-state index in [1.54, 1.807) is 12.3 Å². The van der Waals surface area contributed by atoms with Crippen LogP contribution in [0.4, 0.5) is 0 Å². The van der Waals surface area contributed by atoms with Crippen molar-refractivity contribution in [1.82, 2.24) is 15.0 Å². The Morgan fingerprint density at radius 2 is 2.11 bits per heavy atom. The molecule has 0 fully saturated rings. The van der Waals surface area contributed by atoms with Gasteiger partial charge in [-0.1, -0.05) is 11.6 Å². The second-order valence-electron chi connectivity index (χ2n) is 3.82. The number of nitrogens with zero attached hydrogens (tertiary/aromatic N) is 3. The first-order valence-electron chi connectivity index (χ1n) is 5.73. The molecule has 0 saturated heterocycles. The fourth-order valence-corrected chi connectivity index (χ4v) is 1.69. The van der Waals surface area contributed by atoms with E-state index in [4.69, 9.17) is 16.3 Å². The molecule has 2 heterocycles. The van der Waals surface area contributed by atoms with Crippen LogP contribution in [0.15, 0.2) is 24.4 Å². The molecule has 0 aliphatic carbocycles. The van der Waals surface area contributed by atoms with E-state index in [1.165, 1.54) is 0 Å². The topological polar surface area (TPSA) is 47.9 Å². The van der Waals surface area contributed by atoms with Gasteiger partial charge in [0.15, 0.2) is 5.82 Å². The number of aromatic nitrogens is 3. The number of aryl methyl sites for hydroxylation is 1. The molecule has 0 N–H and O–H groups in total. The van der Waals surface area contributed by atoms with Crippen LogP contribution < -0.4 is 0 Å². The average molecular weight is 264 g/mol. The van der Waals surface area contributed by atoms with Gasteiger partial charge in [-0.25, -0.2) is 9.97 Å². The summed E-state index contributed by atoms with van der Waals surface area (Å²) in [5.41, 5.74) is 2.65. The van der Waals surface area contributed by atoms with E-state index in [1.807, 2.05) is 26.0 Å². The van der Waals surface area contributed by atoms with Gasteiger partial charge in [-0.05, 0) is 26.0 Å². The Hall–Kier alpha value is -1.52. The van der Waals surface area contributed by atoms with Crippen LogP contribution in [0.3, 0.4) is 0 Å². The summed E-state index contributed by atoms with van der Waals surface area (Å²) in [4.78, 5) is 12.8. The molecule has 2 rings (SSSR count). The quantitative estimate of drug-likeness (QED) is 0.796. The van der Waals surface area contributed by atoms with Gasteiger partial charge in [-0.15, -0.1) is 0 Å². The van der Waals surface area contributed by atoms with Gasteiger partial charge in [0.2, 0.25) is 0 Å². The Morgan fingerprint density at radius 1 is 1.28 bits per heavy atom. The molecular weight excluding hydrogens is 250 g/mol. The number of rotatable bonds is 4. The summed E-state index contributed by atoms with van der Waals surface area (Å²) in [6, 6.07) is 5.63. The highest BCUT2D eigenvalue weighted by Crippen LogP contribution is 2.19. The Morgan fingerprint density at radius 3 is 2.78 bits per heavy atom. The van der Waals surface area contributed by atoms with Gasteiger partial charge in [0.05, 0.1) is 5.69 Å². The van der Waals surface area contributed by atoms with Crippen molar-refractivity contribution >= 4 is 11.6 Å². The maximum atomic E-state index is 5.98. The van der Waals surface area contributed by atoms with Crippen LogP contribution in [0.5, 0.6) is 0 Å². The molecule has 18 heavy (non-hydrogen) atoms. The molecule has 2 aromatic heterocycles. The molecule has 0 aliphatic rings. The van der Waals surface area contributed by atoms with E-state index < -0.39 is 0 Å². The lowest BCUT2D eigenvalue weighted by Gasteiger charge is -2.05. The zero-order valence-electron chi connectivity index (χ0n) is 10.4. The van der Waals surface area contributed by atoms with Crippen LogP contribution in [-0.2, 0) is 11.3 Å². The van der Waals surface area contributed by atoms with Gasteiger partial charge in [0, 0.05) is 30.1 Å². The molecule has 0 radical (unpaired) electrons. The van der Waals surface area contributed by atoms with E-state index in [0.717, 1.165) is 17.0 Å². The van der Waals surface area contributed by atoms with Gasteiger partial charge >= 0.3 is 0 Å². The Kier molecular flexibility index (Phi) is 4.23. The summed E-state index contributed by atoms with van der Waals surface area (Å²) in [5.74, 6) is 0.583. The summed E-state index contributed by atoms with van der Waals surface area (Å²) in [7, 11) is 0. The highest BCUT2D eigenvalue weighted by molar-refractivity contribution is 6.29. The second kappa shape index (κ2) is 5.89. The van der Waals surface area contributed by atoms with Crippen LogP contribution >= 0.6 is 11.6 Å². The summed E-state index contributed by atoms with van der Waals surface area (Å²) >= 11 is 5.98. The Bertz CT molecular complexity index is 528. The zero-order valence-corrected chi connectivity index (χ0v) is 11.1. The third-order valence-electron chi connectivity index (χ3n) is 2.38. The first kappa shape index (κ1) is 12.9. The van der Waals surface area contributed by atoms with Crippen molar-refractivity contribution in [2.24, 2.45) is 0 Å². The van der Waals surface area contributed by atoms with Crippen LogP contribution in [-0.4, -0.2) is 21.6 Å². The van der Waals surface area contributed by atoms with Crippen LogP contribution in [0.1, 0.15) is 18.4 Å². The molecule has 0 spiro atoms. The van der Waals surface area contributed by atoms with Crippen molar-refractivity contribution in [3.8, 4) is 11.3 Å². The average Bonchev–Trinajstić information content (AvgIpc) is 2.36. The molecule has 94 valence electrons. The highest BCUT2D eigenvalue weighted by Gasteiger charge is 2.06. The van der Waals surface area contributed by atoms with E-state index in [-0.39, 0.29) is 0 Å². The maximum Gasteiger partial charge on any atom is 0.156 e. The molecule has 0 unspecified atom stereocenters. The summed E-state index contributed by atoms with van der Waals surface area (Å²) in [6.45, 7) is 4.85. The van der Waals surface area contributed by atoms with Gasteiger partial charge in [0.1, 0.15) is 11.8 Å². The Balaban J connectivity index is 2.32. The minimum Gasteiger partial charge on any atom is -0.374 e. The molecule has 0 bridgehead atoms. The van der Waals surface area contributed by atoms with Crippen molar-refractivity contribution in [3.05, 3.63) is 41.1 Å². The molecule has 0 saturated carbocycles. The fraction of sp³-hybridized carbons (Fsp3) is 0.308. The number of hydrogen-bond acceptors (Lipinski definition) is 4. The van der Waals surface area contributed by atoms with E-state index >= 15 is 0 Å².